The fraction of sp³-hybridized carbons (Fsp3) is 0.167. The molecule has 0 bridgehead atoms. The van der Waals surface area contributed by atoms with Crippen LogP contribution in [0.2, 0.25) is 0 Å². The van der Waals surface area contributed by atoms with Crippen molar-refractivity contribution < 1.29 is 9.13 Å². The van der Waals surface area contributed by atoms with Crippen LogP contribution >= 0.6 is 0 Å². The summed E-state index contributed by atoms with van der Waals surface area (Å²) in [7, 11) is -1.01. The molecule has 0 aliphatic rings. The molecule has 1 heterocycles. The normalized spacial score (nSPS) is 11.9. The molecule has 2 aromatic rings. The van der Waals surface area contributed by atoms with Crippen molar-refractivity contribution in [3.05, 3.63) is 46.1 Å². The molecule has 0 amide bonds. The van der Waals surface area contributed by atoms with Gasteiger partial charge in [-0.25, -0.2) is 4.98 Å². The zero-order valence-electron chi connectivity index (χ0n) is 11.1. The summed E-state index contributed by atoms with van der Waals surface area (Å²) in [4.78, 5) is 18.4. The van der Waals surface area contributed by atoms with Gasteiger partial charge in [0, 0.05) is 28.5 Å². The first-order chi connectivity index (χ1) is 9.97. The van der Waals surface area contributed by atoms with Gasteiger partial charge in [-0.1, -0.05) is 12.1 Å². The Labute approximate surface area is 123 Å². The number of anilines is 2. The van der Waals surface area contributed by atoms with Gasteiger partial charge in [-0.05, 0) is 17.7 Å². The lowest BCUT2D eigenvalue weighted by Gasteiger charge is -2.06. The van der Waals surface area contributed by atoms with Crippen molar-refractivity contribution in [3.8, 4) is 0 Å². The minimum absolute atomic E-state index is 0.186. The fourth-order valence-corrected chi connectivity index (χ4v) is 2.11. The molecule has 0 saturated heterocycles. The van der Waals surface area contributed by atoms with Gasteiger partial charge in [0.2, 0.25) is 11.8 Å². The van der Waals surface area contributed by atoms with Gasteiger partial charge in [-0.15, -0.1) is 0 Å². The first-order valence-electron chi connectivity index (χ1n) is 5.90. The van der Waals surface area contributed by atoms with Crippen LogP contribution in [0.3, 0.4) is 0 Å². The largest absolute Gasteiger partial charge is 0.378 e. The van der Waals surface area contributed by atoms with Crippen LogP contribution in [-0.2, 0) is 17.3 Å². The van der Waals surface area contributed by atoms with Crippen LogP contribution in [-0.4, -0.2) is 25.4 Å². The maximum Gasteiger partial charge on any atom is 0.329 e. The van der Waals surface area contributed by atoms with Gasteiger partial charge in [0.15, 0.2) is 0 Å². The third-order valence-electron chi connectivity index (χ3n) is 2.70. The highest BCUT2D eigenvalue weighted by molar-refractivity contribution is 7.84. The van der Waals surface area contributed by atoms with Crippen LogP contribution in [0.1, 0.15) is 5.56 Å². The molecule has 2 rings (SSSR count). The van der Waals surface area contributed by atoms with Crippen LogP contribution in [0.5, 0.6) is 0 Å². The van der Waals surface area contributed by atoms with E-state index in [0.29, 0.717) is 6.54 Å². The van der Waals surface area contributed by atoms with E-state index in [2.05, 4.69) is 15.3 Å². The zero-order valence-corrected chi connectivity index (χ0v) is 12.0. The number of nitrogen functional groups attached to an aromatic ring is 1. The van der Waals surface area contributed by atoms with E-state index in [1.54, 1.807) is 18.4 Å². The van der Waals surface area contributed by atoms with Crippen molar-refractivity contribution in [1.29, 1.82) is 0 Å². The van der Waals surface area contributed by atoms with E-state index in [1.807, 2.05) is 12.1 Å². The third-order valence-corrected chi connectivity index (χ3v) is 3.64. The minimum Gasteiger partial charge on any atom is -0.378 e. The van der Waals surface area contributed by atoms with E-state index >= 15 is 0 Å². The van der Waals surface area contributed by atoms with E-state index in [0.717, 1.165) is 16.7 Å². The van der Waals surface area contributed by atoms with Gasteiger partial charge in [0.25, 0.3) is 0 Å². The number of hydrogen-bond acceptors (Lipinski definition) is 7. The van der Waals surface area contributed by atoms with E-state index in [1.165, 1.54) is 0 Å². The number of nitrogens with two attached hydrogens (primary N) is 1. The number of nitrogens with one attached hydrogen (secondary N) is 1. The number of aromatic nitrogens is 2. The Balaban J connectivity index is 2.04. The van der Waals surface area contributed by atoms with Crippen LogP contribution in [0.4, 0.5) is 17.5 Å². The third kappa shape index (κ3) is 3.72. The van der Waals surface area contributed by atoms with E-state index in [4.69, 9.17) is 5.73 Å². The molecule has 110 valence electrons. The Morgan fingerprint density at radius 2 is 2.05 bits per heavy atom. The van der Waals surface area contributed by atoms with Crippen LogP contribution in [0, 0.1) is 10.1 Å². The Hall–Kier alpha value is -2.55. The van der Waals surface area contributed by atoms with Gasteiger partial charge >= 0.3 is 5.69 Å². The molecule has 0 unspecified atom stereocenters. The van der Waals surface area contributed by atoms with E-state index in [-0.39, 0.29) is 17.5 Å². The SMILES string of the molecule is C[S@@](=O)c1ccc(CNc2ncc([N+](=O)[O-])c(N)n2)cc1. The lowest BCUT2D eigenvalue weighted by Crippen LogP contribution is -2.07. The second-order valence-electron chi connectivity index (χ2n) is 4.17. The number of nitrogens with zero attached hydrogens (tertiary/aromatic N) is 3. The van der Waals surface area contributed by atoms with Gasteiger partial charge < -0.3 is 11.1 Å². The molecule has 0 spiro atoms. The standard InChI is InChI=1S/C12H13N5O3S/c1-21(20)9-4-2-8(3-5-9)6-14-12-15-7-10(17(18)19)11(13)16-12/h2-5,7H,6H2,1H3,(H3,13,14,15,16)/t21-/m1/s1. The van der Waals surface area contributed by atoms with Gasteiger partial charge in [0.1, 0.15) is 6.20 Å². The molecule has 0 radical (unpaired) electrons. The number of benzene rings is 1. The van der Waals surface area contributed by atoms with Gasteiger partial charge in [-0.2, -0.15) is 4.98 Å². The lowest BCUT2D eigenvalue weighted by molar-refractivity contribution is -0.384. The predicted molar refractivity (Wildman–Crippen MR) is 79.2 cm³/mol. The Kier molecular flexibility index (Phi) is 4.43. The molecule has 0 saturated carbocycles. The summed E-state index contributed by atoms with van der Waals surface area (Å²) in [5, 5.41) is 13.5. The average molecular weight is 307 g/mol. The number of rotatable bonds is 5. The molecule has 8 nitrogen and oxygen atoms in total. The van der Waals surface area contributed by atoms with Crippen molar-refractivity contribution in [2.24, 2.45) is 0 Å². The average Bonchev–Trinajstić information content (AvgIpc) is 2.45. The Morgan fingerprint density at radius 1 is 1.38 bits per heavy atom. The first kappa shape index (κ1) is 14.9. The smallest absolute Gasteiger partial charge is 0.329 e. The van der Waals surface area contributed by atoms with Crippen LogP contribution in [0.25, 0.3) is 0 Å². The second kappa shape index (κ2) is 6.27. The summed E-state index contributed by atoms with van der Waals surface area (Å²) in [6.07, 6.45) is 2.68. The summed E-state index contributed by atoms with van der Waals surface area (Å²) < 4.78 is 11.3. The maximum atomic E-state index is 11.3. The molecule has 1 aromatic carbocycles. The van der Waals surface area contributed by atoms with Gasteiger partial charge in [0.05, 0.1) is 4.92 Å². The topological polar surface area (TPSA) is 124 Å². The quantitative estimate of drug-likeness (QED) is 0.630. The van der Waals surface area contributed by atoms with E-state index < -0.39 is 15.7 Å². The lowest BCUT2D eigenvalue weighted by atomic mass is 10.2. The highest BCUT2D eigenvalue weighted by Crippen LogP contribution is 2.18. The maximum absolute atomic E-state index is 11.3. The van der Waals surface area contributed by atoms with Crippen LogP contribution < -0.4 is 11.1 Å². The summed E-state index contributed by atoms with van der Waals surface area (Å²) in [5.41, 5.74) is 6.09. The molecule has 9 heteroatoms. The molecule has 21 heavy (non-hydrogen) atoms. The van der Waals surface area contributed by atoms with Crippen LogP contribution in [0.15, 0.2) is 35.4 Å². The summed E-state index contributed by atoms with van der Waals surface area (Å²) in [6.45, 7) is 0.424. The van der Waals surface area contributed by atoms with Gasteiger partial charge in [-0.3, -0.25) is 14.3 Å². The highest BCUT2D eigenvalue weighted by atomic mass is 32.2. The molecule has 0 aliphatic carbocycles. The summed E-state index contributed by atoms with van der Waals surface area (Å²) in [6, 6.07) is 7.22. The van der Waals surface area contributed by atoms with E-state index in [9.17, 15) is 14.3 Å². The summed E-state index contributed by atoms with van der Waals surface area (Å²) in [5.74, 6) is 0.0236. The number of nitro groups is 1. The Morgan fingerprint density at radius 3 is 2.57 bits per heavy atom. The second-order valence-corrected chi connectivity index (χ2v) is 5.55. The van der Waals surface area contributed by atoms with Crippen molar-refractivity contribution in [2.75, 3.05) is 17.3 Å². The monoisotopic (exact) mass is 307 g/mol. The Bertz CT molecular complexity index is 690. The zero-order chi connectivity index (χ0) is 15.4. The summed E-state index contributed by atoms with van der Waals surface area (Å²) >= 11 is 0. The van der Waals surface area contributed by atoms with Crippen molar-refractivity contribution in [1.82, 2.24) is 9.97 Å². The van der Waals surface area contributed by atoms with Crippen molar-refractivity contribution >= 4 is 28.3 Å². The fourth-order valence-electron chi connectivity index (χ4n) is 1.59. The molecule has 1 atom stereocenters. The molecule has 0 aliphatic heterocycles. The highest BCUT2D eigenvalue weighted by Gasteiger charge is 2.13. The molecule has 1 aromatic heterocycles. The molecular formula is C12H13N5O3S. The predicted octanol–water partition coefficient (Wildman–Crippen LogP) is 1.32. The van der Waals surface area contributed by atoms with Crippen molar-refractivity contribution in [2.45, 2.75) is 11.4 Å². The minimum atomic E-state index is -1.01. The first-order valence-corrected chi connectivity index (χ1v) is 7.46. The number of hydrogen-bond donors (Lipinski definition) is 2. The molecule has 3 N–H and O–H groups in total. The molecule has 0 fully saturated rings. The molecular weight excluding hydrogens is 294 g/mol. The van der Waals surface area contributed by atoms with Crippen molar-refractivity contribution in [3.63, 3.8) is 0 Å².